The van der Waals surface area contributed by atoms with Crippen LogP contribution >= 0.6 is 11.3 Å². The molecule has 186 valence electrons. The molecule has 7 nitrogen and oxygen atoms in total. The third-order valence-electron chi connectivity index (χ3n) is 5.53. The Morgan fingerprint density at radius 1 is 0.886 bits per heavy atom. The molecule has 0 spiro atoms. The van der Waals surface area contributed by atoms with Gasteiger partial charge in [0.25, 0.3) is 5.91 Å². The molecule has 0 atom stereocenters. The van der Waals surface area contributed by atoms with Crippen LogP contribution in [0.1, 0.15) is 25.7 Å². The van der Waals surface area contributed by atoms with Gasteiger partial charge in [0.05, 0.1) is 32.9 Å². The van der Waals surface area contributed by atoms with E-state index in [1.54, 1.807) is 48.7 Å². The van der Waals surface area contributed by atoms with Gasteiger partial charge in [0.15, 0.2) is 0 Å². The van der Waals surface area contributed by atoms with E-state index in [1.807, 2.05) is 43.3 Å². The number of aryl methyl sites for hydroxylation is 1. The van der Waals surface area contributed by atoms with Gasteiger partial charge in [-0.1, -0.05) is 30.3 Å². The highest BCUT2D eigenvalue weighted by molar-refractivity contribution is 7.11. The van der Waals surface area contributed by atoms with Crippen LogP contribution in [-0.4, -0.2) is 62.6 Å². The van der Waals surface area contributed by atoms with E-state index >= 15 is 0 Å². The third-order valence-corrected chi connectivity index (χ3v) is 6.51. The lowest BCUT2D eigenvalue weighted by atomic mass is 10.1. The van der Waals surface area contributed by atoms with Gasteiger partial charge in [0, 0.05) is 36.0 Å². The Labute approximate surface area is 210 Å². The zero-order valence-corrected chi connectivity index (χ0v) is 21.5. The maximum absolute atomic E-state index is 13.6. The number of rotatable bonds is 12. The van der Waals surface area contributed by atoms with Crippen molar-refractivity contribution in [1.82, 2.24) is 9.80 Å². The van der Waals surface area contributed by atoms with E-state index < -0.39 is 0 Å². The normalized spacial score (nSPS) is 10.6. The van der Waals surface area contributed by atoms with Crippen molar-refractivity contribution in [3.05, 3.63) is 81.5 Å². The van der Waals surface area contributed by atoms with Crippen LogP contribution in [0.25, 0.3) is 0 Å². The average molecular weight is 497 g/mol. The van der Waals surface area contributed by atoms with Crippen molar-refractivity contribution in [3.63, 3.8) is 0 Å². The summed E-state index contributed by atoms with van der Waals surface area (Å²) in [6.45, 7) is 3.48. The van der Waals surface area contributed by atoms with E-state index in [9.17, 15) is 9.59 Å². The number of ether oxygens (including phenoxy) is 3. The molecular formula is C27H32N2O5S. The molecule has 0 unspecified atom stereocenters. The first-order chi connectivity index (χ1) is 16.9. The fraction of sp³-hybridized carbons (Fsp3) is 0.333. The predicted octanol–water partition coefficient (Wildman–Crippen LogP) is 4.39. The lowest BCUT2D eigenvalue weighted by Gasteiger charge is -2.28. The van der Waals surface area contributed by atoms with Crippen LogP contribution in [0.5, 0.6) is 11.5 Å². The first-order valence-electron chi connectivity index (χ1n) is 11.3. The molecule has 8 heteroatoms. The second-order valence-corrected chi connectivity index (χ2v) is 9.41. The molecule has 3 aromatic rings. The Morgan fingerprint density at radius 2 is 1.66 bits per heavy atom. The fourth-order valence-electron chi connectivity index (χ4n) is 3.66. The number of carbonyl (C=O) groups excluding carboxylic acids is 2. The minimum Gasteiger partial charge on any atom is -0.497 e. The van der Waals surface area contributed by atoms with E-state index in [4.69, 9.17) is 14.2 Å². The average Bonchev–Trinajstić information content (AvgIpc) is 3.30. The van der Waals surface area contributed by atoms with Crippen LogP contribution in [0.3, 0.4) is 0 Å². The van der Waals surface area contributed by atoms with Gasteiger partial charge in [-0.25, -0.2) is 0 Å². The van der Waals surface area contributed by atoms with Crippen LogP contribution in [-0.2, 0) is 22.6 Å². The highest BCUT2D eigenvalue weighted by Gasteiger charge is 2.25. The predicted molar refractivity (Wildman–Crippen MR) is 137 cm³/mol. The molecule has 0 bridgehead atoms. The molecule has 2 aromatic carbocycles. The number of nitrogens with zero attached hydrogens (tertiary/aromatic N) is 2. The lowest BCUT2D eigenvalue weighted by molar-refractivity contribution is -0.133. The first kappa shape index (κ1) is 26.2. The molecule has 0 N–H and O–H groups in total. The number of amides is 2. The molecule has 0 saturated carbocycles. The Kier molecular flexibility index (Phi) is 9.69. The summed E-state index contributed by atoms with van der Waals surface area (Å²) < 4.78 is 15.9. The second-order valence-electron chi connectivity index (χ2n) is 8.03. The summed E-state index contributed by atoms with van der Waals surface area (Å²) in [5, 5.41) is 0. The summed E-state index contributed by atoms with van der Waals surface area (Å²) in [4.78, 5) is 32.6. The topological polar surface area (TPSA) is 68.3 Å². The maximum atomic E-state index is 13.6. The van der Waals surface area contributed by atoms with Crippen molar-refractivity contribution < 1.29 is 23.8 Å². The molecule has 0 saturated heterocycles. The summed E-state index contributed by atoms with van der Waals surface area (Å²) in [5.41, 5.74) is 1.39. The highest BCUT2D eigenvalue weighted by atomic mass is 32.1. The summed E-state index contributed by atoms with van der Waals surface area (Å²) in [5.74, 6) is 0.524. The van der Waals surface area contributed by atoms with Gasteiger partial charge in [0.1, 0.15) is 18.0 Å². The third kappa shape index (κ3) is 7.31. The van der Waals surface area contributed by atoms with Gasteiger partial charge in [-0.3, -0.25) is 9.59 Å². The molecule has 2 amide bonds. The molecule has 0 aliphatic carbocycles. The van der Waals surface area contributed by atoms with Gasteiger partial charge in [-0.05, 0) is 36.8 Å². The number of thiophene rings is 1. The van der Waals surface area contributed by atoms with Gasteiger partial charge in [-0.15, -0.1) is 11.3 Å². The smallest absolute Gasteiger partial charge is 0.258 e. The van der Waals surface area contributed by atoms with Gasteiger partial charge >= 0.3 is 0 Å². The molecule has 1 aromatic heterocycles. The summed E-state index contributed by atoms with van der Waals surface area (Å²) in [6.07, 6.45) is 0. The van der Waals surface area contributed by atoms with Crippen LogP contribution in [0, 0.1) is 6.92 Å². The summed E-state index contributed by atoms with van der Waals surface area (Å²) in [6, 6.07) is 19.0. The van der Waals surface area contributed by atoms with E-state index in [2.05, 4.69) is 6.07 Å². The van der Waals surface area contributed by atoms with Gasteiger partial charge in [0.2, 0.25) is 5.91 Å². The molecule has 0 radical (unpaired) electrons. The van der Waals surface area contributed by atoms with Crippen LogP contribution in [0.2, 0.25) is 0 Å². The Balaban J connectivity index is 1.84. The molecule has 1 heterocycles. The maximum Gasteiger partial charge on any atom is 0.258 e. The number of hydrogen-bond donors (Lipinski definition) is 0. The number of hydrogen-bond acceptors (Lipinski definition) is 6. The van der Waals surface area contributed by atoms with Crippen molar-refractivity contribution in [2.45, 2.75) is 20.0 Å². The number of carbonyl (C=O) groups is 2. The summed E-state index contributed by atoms with van der Waals surface area (Å²) >= 11 is 1.67. The SMILES string of the molecule is COCCN(CC(=O)N(Cc1ccccc1)Cc1ccc(C)s1)C(=O)c1ccc(OC)cc1OC. The molecule has 0 fully saturated rings. The number of methoxy groups -OCH3 is 3. The summed E-state index contributed by atoms with van der Waals surface area (Å²) in [7, 11) is 4.62. The van der Waals surface area contributed by atoms with Crippen LogP contribution in [0.15, 0.2) is 60.7 Å². The van der Waals surface area contributed by atoms with Gasteiger partial charge in [-0.2, -0.15) is 0 Å². The quantitative estimate of drug-likeness (QED) is 0.372. The van der Waals surface area contributed by atoms with Gasteiger partial charge < -0.3 is 24.0 Å². The van der Waals surface area contributed by atoms with E-state index in [0.717, 1.165) is 10.4 Å². The van der Waals surface area contributed by atoms with Crippen LogP contribution in [0.4, 0.5) is 0 Å². The van der Waals surface area contributed by atoms with Crippen molar-refractivity contribution in [1.29, 1.82) is 0 Å². The zero-order valence-electron chi connectivity index (χ0n) is 20.7. The lowest BCUT2D eigenvalue weighted by Crippen LogP contribution is -2.43. The molecule has 3 rings (SSSR count). The van der Waals surface area contributed by atoms with E-state index in [-0.39, 0.29) is 24.9 Å². The Bertz CT molecular complexity index is 1120. The highest BCUT2D eigenvalue weighted by Crippen LogP contribution is 2.26. The largest absolute Gasteiger partial charge is 0.497 e. The molecular weight excluding hydrogens is 464 g/mol. The molecule has 35 heavy (non-hydrogen) atoms. The van der Waals surface area contributed by atoms with Crippen molar-refractivity contribution in [3.8, 4) is 11.5 Å². The Morgan fingerprint density at radius 3 is 2.29 bits per heavy atom. The minimum absolute atomic E-state index is 0.0748. The van der Waals surface area contributed by atoms with Crippen molar-refractivity contribution >= 4 is 23.2 Å². The first-order valence-corrected chi connectivity index (χ1v) is 12.1. The van der Waals surface area contributed by atoms with Crippen molar-refractivity contribution in [2.24, 2.45) is 0 Å². The van der Waals surface area contributed by atoms with Crippen LogP contribution < -0.4 is 9.47 Å². The van der Waals surface area contributed by atoms with E-state index in [1.165, 1.54) is 16.9 Å². The molecule has 0 aliphatic rings. The Hall–Kier alpha value is -3.36. The standard InChI is InChI=1S/C27H32N2O5S/c1-20-10-12-23(35-20)18-29(17-21-8-6-5-7-9-21)26(30)19-28(14-15-32-2)27(31)24-13-11-22(33-3)16-25(24)34-4/h5-13,16H,14-15,17-19H2,1-4H3. The minimum atomic E-state index is -0.304. The zero-order chi connectivity index (χ0) is 25.2. The van der Waals surface area contributed by atoms with E-state index in [0.29, 0.717) is 36.8 Å². The van der Waals surface area contributed by atoms with Crippen molar-refractivity contribution in [2.75, 3.05) is 41.0 Å². The monoisotopic (exact) mass is 496 g/mol. The fourth-order valence-corrected chi connectivity index (χ4v) is 4.56. The molecule has 0 aliphatic heterocycles. The number of benzene rings is 2. The second kappa shape index (κ2) is 12.9.